The van der Waals surface area contributed by atoms with Crippen LogP contribution in [0.2, 0.25) is 0 Å². The SMILES string of the molecule is O=[P+](O)O[C@@H]1[C@H](O)[C@@H](COP(=O)(O)O[C@H]2[C@@H](O)[C@H](n3cc4c5c(ncnc53)NCCC4)O[C@@H]2CO)O[C@H]1I. The van der Waals surface area contributed by atoms with Gasteiger partial charge in [0.15, 0.2) is 12.3 Å². The summed E-state index contributed by atoms with van der Waals surface area (Å²) in [6.07, 6.45) is -4.28. The summed E-state index contributed by atoms with van der Waals surface area (Å²) in [5.74, 6) is 0.650. The van der Waals surface area contributed by atoms with Gasteiger partial charge in [0, 0.05) is 17.3 Å². The van der Waals surface area contributed by atoms with E-state index in [0.717, 1.165) is 30.3 Å². The number of nitrogens with zero attached hydrogens (tertiary/aromatic N) is 3. The van der Waals surface area contributed by atoms with Crippen molar-refractivity contribution < 1.29 is 57.3 Å². The number of anilines is 1. The molecule has 0 saturated carbocycles. The molecule has 0 spiro atoms. The third kappa shape index (κ3) is 5.63. The number of aromatic nitrogens is 3. The lowest BCUT2D eigenvalue weighted by atomic mass is 10.1. The molecule has 210 valence electrons. The Balaban J connectivity index is 1.29. The largest absolute Gasteiger partial charge is 0.695 e. The van der Waals surface area contributed by atoms with E-state index in [1.54, 1.807) is 33.4 Å². The molecule has 19 heteroatoms. The highest BCUT2D eigenvalue weighted by Crippen LogP contribution is 2.49. The summed E-state index contributed by atoms with van der Waals surface area (Å²) < 4.78 is 50.6. The van der Waals surface area contributed by atoms with Crippen LogP contribution in [-0.4, -0.2) is 100 Å². The highest BCUT2D eigenvalue weighted by atomic mass is 127. The van der Waals surface area contributed by atoms with Crippen LogP contribution in [0.3, 0.4) is 0 Å². The van der Waals surface area contributed by atoms with E-state index in [0.29, 0.717) is 11.5 Å². The number of ether oxygens (including phenoxy) is 2. The normalized spacial score (nSPS) is 35.2. The van der Waals surface area contributed by atoms with Gasteiger partial charge in [0.25, 0.3) is 0 Å². The molecule has 0 bridgehead atoms. The Labute approximate surface area is 229 Å². The first-order valence-electron chi connectivity index (χ1n) is 11.6. The van der Waals surface area contributed by atoms with Gasteiger partial charge in [-0.05, 0) is 41.0 Å². The monoisotopic (exact) mass is 691 g/mol. The van der Waals surface area contributed by atoms with Gasteiger partial charge in [-0.1, -0.05) is 0 Å². The number of aryl methyl sites for hydroxylation is 1. The van der Waals surface area contributed by atoms with Crippen molar-refractivity contribution in [2.24, 2.45) is 0 Å². The number of aliphatic hydroxyl groups is 3. The first kappa shape index (κ1) is 28.6. The second-order valence-corrected chi connectivity index (χ2v) is 12.2. The number of hydrogen-bond acceptors (Lipinski definition) is 13. The van der Waals surface area contributed by atoms with E-state index in [9.17, 15) is 29.3 Å². The Morgan fingerprint density at radius 3 is 2.76 bits per heavy atom. The van der Waals surface area contributed by atoms with E-state index < -0.39 is 76.3 Å². The zero-order valence-corrected chi connectivity index (χ0v) is 23.5. The second-order valence-electron chi connectivity index (χ2n) is 8.91. The fraction of sp³-hybridized carbons (Fsp3) is 0.684. The van der Waals surface area contributed by atoms with Gasteiger partial charge in [-0.25, -0.2) is 14.5 Å². The van der Waals surface area contributed by atoms with Crippen LogP contribution in [0.1, 0.15) is 18.2 Å². The number of alkyl halides is 1. The van der Waals surface area contributed by atoms with Crippen molar-refractivity contribution in [3.05, 3.63) is 18.1 Å². The van der Waals surface area contributed by atoms with E-state index >= 15 is 0 Å². The number of aliphatic hydroxyl groups excluding tert-OH is 3. The quantitative estimate of drug-likeness (QED) is 0.117. The van der Waals surface area contributed by atoms with E-state index in [1.807, 2.05) is 0 Å². The molecule has 5 heterocycles. The number of rotatable bonds is 9. The van der Waals surface area contributed by atoms with Crippen LogP contribution in [0.4, 0.5) is 5.82 Å². The fourth-order valence-corrected chi connectivity index (χ4v) is 7.38. The first-order valence-corrected chi connectivity index (χ1v) is 15.5. The minimum atomic E-state index is -4.88. The molecule has 0 aliphatic carbocycles. The number of halogens is 1. The molecule has 3 aliphatic rings. The fourth-order valence-electron chi connectivity index (χ4n) is 4.79. The van der Waals surface area contributed by atoms with Crippen molar-refractivity contribution in [3.8, 4) is 0 Å². The van der Waals surface area contributed by atoms with E-state index in [2.05, 4.69) is 15.3 Å². The zero-order chi connectivity index (χ0) is 27.2. The van der Waals surface area contributed by atoms with Gasteiger partial charge in [0.1, 0.15) is 52.4 Å². The van der Waals surface area contributed by atoms with Crippen molar-refractivity contribution in [1.29, 1.82) is 0 Å². The summed E-state index contributed by atoms with van der Waals surface area (Å²) in [6, 6.07) is 0. The second kappa shape index (κ2) is 11.5. The third-order valence-electron chi connectivity index (χ3n) is 6.52. The van der Waals surface area contributed by atoms with Gasteiger partial charge in [-0.3, -0.25) is 9.05 Å². The van der Waals surface area contributed by atoms with Crippen LogP contribution >= 0.6 is 38.7 Å². The molecule has 0 amide bonds. The highest BCUT2D eigenvalue weighted by Gasteiger charge is 2.51. The molecular weight excluding hydrogens is 665 g/mol. The molecule has 10 atom stereocenters. The van der Waals surface area contributed by atoms with Gasteiger partial charge < -0.3 is 39.6 Å². The maximum Gasteiger partial charge on any atom is 0.695 e. The lowest BCUT2D eigenvalue weighted by Gasteiger charge is -2.23. The van der Waals surface area contributed by atoms with E-state index in [-0.39, 0.29) is 0 Å². The molecule has 5 rings (SSSR count). The zero-order valence-electron chi connectivity index (χ0n) is 19.5. The Morgan fingerprint density at radius 1 is 1.24 bits per heavy atom. The smallest absolute Gasteiger partial charge is 0.394 e. The predicted molar refractivity (Wildman–Crippen MR) is 135 cm³/mol. The van der Waals surface area contributed by atoms with Gasteiger partial charge in [-0.2, -0.15) is 0 Å². The molecule has 38 heavy (non-hydrogen) atoms. The summed E-state index contributed by atoms with van der Waals surface area (Å²) in [5, 5.41) is 35.2. The molecule has 0 radical (unpaired) electrons. The van der Waals surface area contributed by atoms with Crippen molar-refractivity contribution >= 4 is 55.5 Å². The van der Waals surface area contributed by atoms with E-state index in [4.69, 9.17) is 27.9 Å². The van der Waals surface area contributed by atoms with Crippen LogP contribution in [0, 0.1) is 0 Å². The van der Waals surface area contributed by atoms with Gasteiger partial charge in [0.2, 0.25) is 0 Å². The van der Waals surface area contributed by atoms with Gasteiger partial charge in [-0.15, -0.1) is 9.42 Å². The molecule has 2 fully saturated rings. The maximum absolute atomic E-state index is 12.7. The Kier molecular flexibility index (Phi) is 8.67. The van der Waals surface area contributed by atoms with Crippen molar-refractivity contribution in [2.45, 2.75) is 59.8 Å². The Morgan fingerprint density at radius 2 is 2.03 bits per heavy atom. The molecule has 6 N–H and O–H groups in total. The topological polar surface area (TPSA) is 224 Å². The summed E-state index contributed by atoms with van der Waals surface area (Å²) in [6.45, 7) is -0.523. The molecule has 3 aliphatic heterocycles. The summed E-state index contributed by atoms with van der Waals surface area (Å²) in [7, 11) is -7.90. The summed E-state index contributed by atoms with van der Waals surface area (Å²) in [4.78, 5) is 27.9. The highest BCUT2D eigenvalue weighted by molar-refractivity contribution is 14.1. The van der Waals surface area contributed by atoms with Crippen LogP contribution < -0.4 is 5.32 Å². The van der Waals surface area contributed by atoms with Crippen LogP contribution in [0.15, 0.2) is 12.5 Å². The summed E-state index contributed by atoms with van der Waals surface area (Å²) >= 11 is 1.74. The molecule has 16 nitrogen and oxygen atoms in total. The van der Waals surface area contributed by atoms with Crippen LogP contribution in [0.25, 0.3) is 11.0 Å². The number of phosphoric ester groups is 1. The standard InChI is InChI=1S/C19H25IN4O12P2/c20-16-15(35-37(28)29)12(26)10(33-16)6-32-38(30,31)36-14-9(5-25)34-19(13(14)27)24-4-8-2-1-3-21-17-11(8)18(24)23-7-22-17/h4,7,9-10,12-16,19,25-27H,1-3,5-6H2,(H2-,21,22,23,28,29,30,31)/p+1/t9-,10-,12-,13-,14-,15-,16-,19-/m1/s1. The average Bonchev–Trinajstić information content (AvgIpc) is 3.40. The van der Waals surface area contributed by atoms with E-state index in [1.165, 1.54) is 6.33 Å². The van der Waals surface area contributed by atoms with Crippen LogP contribution in [-0.2, 0) is 38.6 Å². The third-order valence-corrected chi connectivity index (χ3v) is 8.93. The maximum atomic E-state index is 12.7. The van der Waals surface area contributed by atoms with Crippen molar-refractivity contribution in [3.63, 3.8) is 0 Å². The molecule has 2 aromatic heterocycles. The number of phosphoric acid groups is 1. The average molecular weight is 691 g/mol. The molecule has 2 saturated heterocycles. The Hall–Kier alpha value is -0.920. The van der Waals surface area contributed by atoms with Gasteiger partial charge in [0.05, 0.1) is 18.6 Å². The van der Waals surface area contributed by atoms with Crippen molar-refractivity contribution in [2.75, 3.05) is 25.1 Å². The Bertz CT molecular complexity index is 1240. The number of hydrogen-bond donors (Lipinski definition) is 6. The van der Waals surface area contributed by atoms with Crippen molar-refractivity contribution in [1.82, 2.24) is 14.5 Å². The molecule has 0 aromatic carbocycles. The first-order chi connectivity index (χ1) is 18.1. The van der Waals surface area contributed by atoms with Gasteiger partial charge >= 0.3 is 16.1 Å². The predicted octanol–water partition coefficient (Wildman–Crippen LogP) is 0.0979. The minimum Gasteiger partial charge on any atom is -0.394 e. The molecular formula is C19H26IN4O12P2+. The minimum absolute atomic E-state index is 0.478. The number of nitrogens with one attached hydrogen (secondary N) is 1. The lowest BCUT2D eigenvalue weighted by molar-refractivity contribution is -0.0517. The summed E-state index contributed by atoms with van der Waals surface area (Å²) in [5.41, 5.74) is 1.42. The molecule has 2 unspecified atom stereocenters. The molecule has 2 aromatic rings. The van der Waals surface area contributed by atoms with Crippen LogP contribution in [0.5, 0.6) is 0 Å². The lowest BCUT2D eigenvalue weighted by Crippen LogP contribution is -2.36.